The number of aryl methyl sites for hydroxylation is 2. The van der Waals surface area contributed by atoms with Crippen LogP contribution in [0.25, 0.3) is 0 Å². The van der Waals surface area contributed by atoms with Gasteiger partial charge in [0, 0.05) is 17.3 Å². The van der Waals surface area contributed by atoms with E-state index in [4.69, 9.17) is 15.7 Å². The fourth-order valence-electron chi connectivity index (χ4n) is 2.62. The molecule has 1 fully saturated rings. The smallest absolute Gasteiger partial charge is 0.161 e. The van der Waals surface area contributed by atoms with Gasteiger partial charge >= 0.3 is 0 Å². The van der Waals surface area contributed by atoms with Gasteiger partial charge in [-0.3, -0.25) is 5.73 Å². The molecule has 0 amide bonds. The second-order valence-corrected chi connectivity index (χ2v) is 6.36. The average Bonchev–Trinajstić information content (AvgIpc) is 2.23. The summed E-state index contributed by atoms with van der Waals surface area (Å²) >= 11 is 3.52. The standard InChI is InChI=1S/C14H17BrN2O/c1-9-4-11(5-10(2)12(9)15)18-14(17)6-13(3,7-14)8-16/h4-5H,6-7,17H2,1-3H3/t13-,14+. The fourth-order valence-corrected chi connectivity index (χ4v) is 2.85. The summed E-state index contributed by atoms with van der Waals surface area (Å²) in [6.45, 7) is 5.96. The zero-order valence-electron chi connectivity index (χ0n) is 10.9. The summed E-state index contributed by atoms with van der Waals surface area (Å²) in [4.78, 5) is 0. The summed E-state index contributed by atoms with van der Waals surface area (Å²) in [5, 5.41) is 9.00. The Balaban J connectivity index is 2.15. The number of nitriles is 1. The third-order valence-corrected chi connectivity index (χ3v) is 4.63. The van der Waals surface area contributed by atoms with Crippen molar-refractivity contribution in [2.24, 2.45) is 11.1 Å². The molecule has 0 spiro atoms. The van der Waals surface area contributed by atoms with Crippen LogP contribution in [0.2, 0.25) is 0 Å². The third-order valence-electron chi connectivity index (χ3n) is 3.38. The molecule has 2 N–H and O–H groups in total. The van der Waals surface area contributed by atoms with E-state index in [0.717, 1.165) is 21.3 Å². The van der Waals surface area contributed by atoms with Gasteiger partial charge in [-0.15, -0.1) is 0 Å². The van der Waals surface area contributed by atoms with Crippen LogP contribution in [0.4, 0.5) is 0 Å². The number of hydrogen-bond donors (Lipinski definition) is 1. The van der Waals surface area contributed by atoms with Gasteiger partial charge in [0.2, 0.25) is 0 Å². The minimum atomic E-state index is -0.697. The van der Waals surface area contributed by atoms with Crippen LogP contribution in [0.15, 0.2) is 16.6 Å². The zero-order valence-corrected chi connectivity index (χ0v) is 12.5. The highest BCUT2D eigenvalue weighted by molar-refractivity contribution is 9.10. The summed E-state index contributed by atoms with van der Waals surface area (Å²) in [6.07, 6.45) is 1.15. The molecular weight excluding hydrogens is 292 g/mol. The molecule has 0 saturated heterocycles. The van der Waals surface area contributed by atoms with Crippen molar-refractivity contribution in [3.8, 4) is 11.8 Å². The van der Waals surface area contributed by atoms with Gasteiger partial charge in [0.1, 0.15) is 5.75 Å². The van der Waals surface area contributed by atoms with Gasteiger partial charge in [-0.05, 0) is 44.0 Å². The van der Waals surface area contributed by atoms with E-state index < -0.39 is 5.72 Å². The van der Waals surface area contributed by atoms with Crippen molar-refractivity contribution in [3.63, 3.8) is 0 Å². The second-order valence-electron chi connectivity index (χ2n) is 5.56. The van der Waals surface area contributed by atoms with E-state index in [1.54, 1.807) is 0 Å². The van der Waals surface area contributed by atoms with Crippen LogP contribution < -0.4 is 10.5 Å². The van der Waals surface area contributed by atoms with E-state index in [-0.39, 0.29) is 5.41 Å². The average molecular weight is 309 g/mol. The van der Waals surface area contributed by atoms with Crippen LogP contribution in [-0.2, 0) is 0 Å². The Morgan fingerprint density at radius 1 is 1.33 bits per heavy atom. The van der Waals surface area contributed by atoms with E-state index in [1.807, 2.05) is 32.9 Å². The van der Waals surface area contributed by atoms with Gasteiger partial charge in [0.05, 0.1) is 11.5 Å². The first kappa shape index (κ1) is 13.4. The molecule has 0 aromatic heterocycles. The first-order chi connectivity index (χ1) is 8.27. The second kappa shape index (κ2) is 4.25. The molecular formula is C14H17BrN2O. The molecule has 1 aromatic rings. The lowest BCUT2D eigenvalue weighted by molar-refractivity contribution is -0.0691. The Kier molecular flexibility index (Phi) is 3.16. The van der Waals surface area contributed by atoms with Crippen LogP contribution in [-0.4, -0.2) is 5.72 Å². The van der Waals surface area contributed by atoms with Crippen LogP contribution in [0.1, 0.15) is 30.9 Å². The van der Waals surface area contributed by atoms with Crippen LogP contribution in [0.3, 0.4) is 0 Å². The summed E-state index contributed by atoms with van der Waals surface area (Å²) in [6, 6.07) is 6.22. The Labute approximate surface area is 116 Å². The maximum absolute atomic E-state index is 9.00. The largest absolute Gasteiger partial charge is 0.473 e. The molecule has 1 aliphatic rings. The number of halogens is 1. The summed E-state index contributed by atoms with van der Waals surface area (Å²) < 4.78 is 6.95. The Morgan fingerprint density at radius 2 is 1.83 bits per heavy atom. The lowest BCUT2D eigenvalue weighted by Crippen LogP contribution is -2.60. The minimum Gasteiger partial charge on any atom is -0.473 e. The molecule has 0 radical (unpaired) electrons. The van der Waals surface area contributed by atoms with E-state index in [9.17, 15) is 0 Å². The third kappa shape index (κ3) is 2.38. The minimum absolute atomic E-state index is 0.339. The zero-order chi connectivity index (χ0) is 13.6. The number of ether oxygens (including phenoxy) is 1. The normalized spacial score (nSPS) is 30.4. The lowest BCUT2D eigenvalue weighted by Gasteiger charge is -2.47. The van der Waals surface area contributed by atoms with Crippen molar-refractivity contribution < 1.29 is 4.74 Å². The highest BCUT2D eigenvalue weighted by atomic mass is 79.9. The highest BCUT2D eigenvalue weighted by Gasteiger charge is 2.52. The fraction of sp³-hybridized carbons (Fsp3) is 0.500. The number of rotatable bonds is 2. The molecule has 2 rings (SSSR count). The molecule has 0 bridgehead atoms. The molecule has 96 valence electrons. The Bertz CT molecular complexity index is 504. The molecule has 1 aromatic carbocycles. The van der Waals surface area contributed by atoms with Crippen molar-refractivity contribution in [2.45, 2.75) is 39.3 Å². The molecule has 0 unspecified atom stereocenters. The van der Waals surface area contributed by atoms with E-state index >= 15 is 0 Å². The van der Waals surface area contributed by atoms with E-state index in [0.29, 0.717) is 12.8 Å². The van der Waals surface area contributed by atoms with Crippen molar-refractivity contribution in [1.82, 2.24) is 0 Å². The van der Waals surface area contributed by atoms with Gasteiger partial charge in [-0.1, -0.05) is 15.9 Å². The van der Waals surface area contributed by atoms with Crippen molar-refractivity contribution in [2.75, 3.05) is 0 Å². The summed E-state index contributed by atoms with van der Waals surface area (Å²) in [5.41, 5.74) is 7.35. The molecule has 1 aliphatic carbocycles. The van der Waals surface area contributed by atoms with Crippen LogP contribution in [0, 0.1) is 30.6 Å². The molecule has 1 saturated carbocycles. The topological polar surface area (TPSA) is 59.0 Å². The maximum atomic E-state index is 9.00. The van der Waals surface area contributed by atoms with Gasteiger partial charge in [-0.25, -0.2) is 0 Å². The summed E-state index contributed by atoms with van der Waals surface area (Å²) in [5.74, 6) is 0.774. The maximum Gasteiger partial charge on any atom is 0.161 e. The first-order valence-electron chi connectivity index (χ1n) is 5.93. The van der Waals surface area contributed by atoms with Crippen molar-refractivity contribution in [1.29, 1.82) is 5.26 Å². The monoisotopic (exact) mass is 308 g/mol. The lowest BCUT2D eigenvalue weighted by atomic mass is 9.65. The number of benzene rings is 1. The van der Waals surface area contributed by atoms with Gasteiger partial charge < -0.3 is 4.74 Å². The van der Waals surface area contributed by atoms with Crippen LogP contribution in [0.5, 0.6) is 5.75 Å². The Morgan fingerprint density at radius 3 is 2.28 bits per heavy atom. The number of nitrogens with two attached hydrogens (primary N) is 1. The van der Waals surface area contributed by atoms with Gasteiger partial charge in [0.25, 0.3) is 0 Å². The number of hydrogen-bond acceptors (Lipinski definition) is 3. The predicted molar refractivity (Wildman–Crippen MR) is 74.1 cm³/mol. The molecule has 0 atom stereocenters. The summed E-state index contributed by atoms with van der Waals surface area (Å²) in [7, 11) is 0. The molecule has 3 nitrogen and oxygen atoms in total. The Hall–Kier alpha value is -1.05. The number of nitrogens with zero attached hydrogens (tertiary/aromatic N) is 1. The van der Waals surface area contributed by atoms with Crippen molar-refractivity contribution in [3.05, 3.63) is 27.7 Å². The van der Waals surface area contributed by atoms with Gasteiger partial charge in [-0.2, -0.15) is 5.26 Å². The van der Waals surface area contributed by atoms with E-state index in [2.05, 4.69) is 22.0 Å². The van der Waals surface area contributed by atoms with E-state index in [1.165, 1.54) is 0 Å². The first-order valence-corrected chi connectivity index (χ1v) is 6.72. The molecule has 0 heterocycles. The molecule has 18 heavy (non-hydrogen) atoms. The molecule has 4 heteroatoms. The highest BCUT2D eigenvalue weighted by Crippen LogP contribution is 2.47. The predicted octanol–water partition coefficient (Wildman–Crippen LogP) is 3.42. The van der Waals surface area contributed by atoms with Crippen molar-refractivity contribution >= 4 is 15.9 Å². The SMILES string of the molecule is Cc1cc(O[C@]2(N)C[C@](C)(C#N)C2)cc(C)c1Br. The quantitative estimate of drug-likeness (QED) is 0.852. The molecule has 0 aliphatic heterocycles. The van der Waals surface area contributed by atoms with Crippen LogP contribution >= 0.6 is 15.9 Å². The van der Waals surface area contributed by atoms with Gasteiger partial charge in [0.15, 0.2) is 5.72 Å².